The largest absolute Gasteiger partial charge is 0.389 e. The average Bonchev–Trinajstić information content (AvgIpc) is 2.62. The first kappa shape index (κ1) is 13.1. The number of aliphatic hydroxyl groups is 1. The average molecular weight is 243 g/mol. The van der Waals surface area contributed by atoms with Crippen molar-refractivity contribution in [3.8, 4) is 0 Å². The van der Waals surface area contributed by atoms with Gasteiger partial charge >= 0.3 is 0 Å². The van der Waals surface area contributed by atoms with Crippen molar-refractivity contribution in [1.82, 2.24) is 10.3 Å². The summed E-state index contributed by atoms with van der Waals surface area (Å²) in [4.78, 5) is 15.7. The number of rotatable bonds is 5. The maximum atomic E-state index is 11.6. The van der Waals surface area contributed by atoms with Gasteiger partial charge in [0.2, 0.25) is 0 Å². The zero-order chi connectivity index (χ0) is 12.2. The molecule has 1 rings (SSSR count). The molecular formula is C10H17N3O2S. The Bertz CT molecular complexity index is 357. The highest BCUT2D eigenvalue weighted by Crippen LogP contribution is 2.10. The van der Waals surface area contributed by atoms with Gasteiger partial charge in [0.1, 0.15) is 5.69 Å². The van der Waals surface area contributed by atoms with Crippen molar-refractivity contribution in [2.24, 2.45) is 5.73 Å². The SMILES string of the molecule is CC(C)(O)CNC(=O)c1csc(CCN)n1. The van der Waals surface area contributed by atoms with Gasteiger partial charge in [-0.1, -0.05) is 0 Å². The van der Waals surface area contributed by atoms with Crippen molar-refractivity contribution < 1.29 is 9.90 Å². The van der Waals surface area contributed by atoms with E-state index >= 15 is 0 Å². The maximum absolute atomic E-state index is 11.6. The molecule has 5 nitrogen and oxygen atoms in total. The third-order valence-corrected chi connectivity index (χ3v) is 2.73. The molecule has 1 aromatic rings. The first-order chi connectivity index (χ1) is 7.42. The lowest BCUT2D eigenvalue weighted by atomic mass is 10.1. The highest BCUT2D eigenvalue weighted by atomic mass is 32.1. The first-order valence-electron chi connectivity index (χ1n) is 5.07. The van der Waals surface area contributed by atoms with Crippen molar-refractivity contribution in [3.05, 3.63) is 16.1 Å². The molecule has 0 saturated carbocycles. The Kier molecular flexibility index (Phi) is 4.40. The van der Waals surface area contributed by atoms with Crippen molar-refractivity contribution in [2.45, 2.75) is 25.9 Å². The lowest BCUT2D eigenvalue weighted by Gasteiger charge is -2.16. The summed E-state index contributed by atoms with van der Waals surface area (Å²) >= 11 is 1.42. The molecule has 0 aliphatic carbocycles. The van der Waals surface area contributed by atoms with E-state index in [1.54, 1.807) is 19.2 Å². The molecule has 1 amide bonds. The molecule has 0 bridgehead atoms. The molecule has 0 saturated heterocycles. The fraction of sp³-hybridized carbons (Fsp3) is 0.600. The van der Waals surface area contributed by atoms with E-state index < -0.39 is 5.60 Å². The van der Waals surface area contributed by atoms with Crippen molar-refractivity contribution in [2.75, 3.05) is 13.1 Å². The molecule has 1 aromatic heterocycles. The summed E-state index contributed by atoms with van der Waals surface area (Å²) in [7, 11) is 0. The number of nitrogens with one attached hydrogen (secondary N) is 1. The van der Waals surface area contributed by atoms with Gasteiger partial charge in [0, 0.05) is 18.3 Å². The Morgan fingerprint density at radius 1 is 1.69 bits per heavy atom. The first-order valence-corrected chi connectivity index (χ1v) is 5.95. The number of hydrogen-bond donors (Lipinski definition) is 3. The topological polar surface area (TPSA) is 88.2 Å². The molecule has 0 aromatic carbocycles. The molecule has 0 spiro atoms. The number of aromatic nitrogens is 1. The van der Waals surface area contributed by atoms with E-state index in [1.165, 1.54) is 11.3 Å². The normalized spacial score (nSPS) is 11.5. The summed E-state index contributed by atoms with van der Waals surface area (Å²) in [5.74, 6) is -0.262. The minimum absolute atomic E-state index is 0.204. The molecule has 4 N–H and O–H groups in total. The van der Waals surface area contributed by atoms with Gasteiger partial charge in [-0.3, -0.25) is 4.79 Å². The second kappa shape index (κ2) is 5.38. The van der Waals surface area contributed by atoms with Crippen LogP contribution in [0.2, 0.25) is 0 Å². The van der Waals surface area contributed by atoms with Gasteiger partial charge in [-0.25, -0.2) is 4.98 Å². The van der Waals surface area contributed by atoms with Crippen LogP contribution in [0, 0.1) is 0 Å². The number of carbonyl (C=O) groups is 1. The predicted octanol–water partition coefficient (Wildman–Crippen LogP) is 0.145. The number of hydrogen-bond acceptors (Lipinski definition) is 5. The number of nitrogens with two attached hydrogens (primary N) is 1. The fourth-order valence-corrected chi connectivity index (χ4v) is 1.83. The van der Waals surface area contributed by atoms with Gasteiger partial charge in [0.15, 0.2) is 0 Å². The van der Waals surface area contributed by atoms with Crippen LogP contribution < -0.4 is 11.1 Å². The van der Waals surface area contributed by atoms with E-state index in [0.717, 1.165) is 5.01 Å². The zero-order valence-corrected chi connectivity index (χ0v) is 10.3. The smallest absolute Gasteiger partial charge is 0.270 e. The van der Waals surface area contributed by atoms with Crippen molar-refractivity contribution >= 4 is 17.2 Å². The molecule has 16 heavy (non-hydrogen) atoms. The van der Waals surface area contributed by atoms with Crippen LogP contribution in [0.3, 0.4) is 0 Å². The highest BCUT2D eigenvalue weighted by Gasteiger charge is 2.16. The Morgan fingerprint density at radius 3 is 2.94 bits per heavy atom. The van der Waals surface area contributed by atoms with Crippen LogP contribution in [0.5, 0.6) is 0 Å². The van der Waals surface area contributed by atoms with E-state index in [1.807, 2.05) is 0 Å². The van der Waals surface area contributed by atoms with Crippen LogP contribution in [-0.2, 0) is 6.42 Å². The summed E-state index contributed by atoms with van der Waals surface area (Å²) in [5.41, 5.74) is 4.87. The minimum Gasteiger partial charge on any atom is -0.389 e. The summed E-state index contributed by atoms with van der Waals surface area (Å²) in [6.07, 6.45) is 0.684. The predicted molar refractivity (Wildman–Crippen MR) is 63.5 cm³/mol. The summed E-state index contributed by atoms with van der Waals surface area (Å²) < 4.78 is 0. The van der Waals surface area contributed by atoms with E-state index in [9.17, 15) is 9.90 Å². The van der Waals surface area contributed by atoms with Crippen LogP contribution in [0.1, 0.15) is 29.3 Å². The van der Waals surface area contributed by atoms with Crippen molar-refractivity contribution in [1.29, 1.82) is 0 Å². The van der Waals surface area contributed by atoms with Gasteiger partial charge in [-0.05, 0) is 20.4 Å². The van der Waals surface area contributed by atoms with Crippen LogP contribution in [0.25, 0.3) is 0 Å². The van der Waals surface area contributed by atoms with Crippen LogP contribution >= 0.6 is 11.3 Å². The lowest BCUT2D eigenvalue weighted by Crippen LogP contribution is -2.38. The Morgan fingerprint density at radius 2 is 2.38 bits per heavy atom. The Balaban J connectivity index is 2.53. The van der Waals surface area contributed by atoms with Gasteiger partial charge < -0.3 is 16.2 Å². The zero-order valence-electron chi connectivity index (χ0n) is 9.49. The molecule has 0 atom stereocenters. The number of thiazole rings is 1. The molecule has 0 aliphatic rings. The van der Waals surface area contributed by atoms with E-state index in [-0.39, 0.29) is 12.5 Å². The Hall–Kier alpha value is -0.980. The highest BCUT2D eigenvalue weighted by molar-refractivity contribution is 7.09. The Labute approximate surface area is 98.7 Å². The maximum Gasteiger partial charge on any atom is 0.270 e. The number of carbonyl (C=O) groups excluding carboxylic acids is 1. The van der Waals surface area contributed by atoms with E-state index in [0.29, 0.717) is 18.7 Å². The van der Waals surface area contributed by atoms with Crippen LogP contribution in [0.15, 0.2) is 5.38 Å². The molecule has 0 radical (unpaired) electrons. The fourth-order valence-electron chi connectivity index (χ4n) is 1.04. The quantitative estimate of drug-likeness (QED) is 0.686. The standard InChI is InChI=1S/C10H17N3O2S/c1-10(2,15)6-12-9(14)7-5-16-8(13-7)3-4-11/h5,15H,3-4,6,11H2,1-2H3,(H,12,14). The monoisotopic (exact) mass is 243 g/mol. The van der Waals surface area contributed by atoms with Gasteiger partial charge in [0.25, 0.3) is 5.91 Å². The van der Waals surface area contributed by atoms with Crippen molar-refractivity contribution in [3.63, 3.8) is 0 Å². The van der Waals surface area contributed by atoms with Gasteiger partial charge in [-0.2, -0.15) is 0 Å². The minimum atomic E-state index is -0.911. The molecule has 1 heterocycles. The van der Waals surface area contributed by atoms with E-state index in [4.69, 9.17) is 5.73 Å². The van der Waals surface area contributed by atoms with Gasteiger partial charge in [0.05, 0.1) is 10.6 Å². The summed E-state index contributed by atoms with van der Waals surface area (Å²) in [5, 5.41) is 14.6. The third kappa shape index (κ3) is 4.26. The van der Waals surface area contributed by atoms with Crippen LogP contribution in [0.4, 0.5) is 0 Å². The molecule has 0 fully saturated rings. The molecule has 6 heteroatoms. The molecule has 90 valence electrons. The molecule has 0 aliphatic heterocycles. The molecule has 0 unspecified atom stereocenters. The van der Waals surface area contributed by atoms with Crippen LogP contribution in [-0.4, -0.2) is 34.7 Å². The van der Waals surface area contributed by atoms with Gasteiger partial charge in [-0.15, -0.1) is 11.3 Å². The number of amides is 1. The lowest BCUT2D eigenvalue weighted by molar-refractivity contribution is 0.0692. The summed E-state index contributed by atoms with van der Waals surface area (Å²) in [6.45, 7) is 4.00. The van der Waals surface area contributed by atoms with E-state index in [2.05, 4.69) is 10.3 Å². The molecular weight excluding hydrogens is 226 g/mol. The number of nitrogens with zero attached hydrogens (tertiary/aromatic N) is 1. The summed E-state index contributed by atoms with van der Waals surface area (Å²) in [6, 6.07) is 0. The second-order valence-corrected chi connectivity index (χ2v) is 5.10. The second-order valence-electron chi connectivity index (χ2n) is 4.16. The third-order valence-electron chi connectivity index (χ3n) is 1.82.